The van der Waals surface area contributed by atoms with Crippen molar-refractivity contribution >= 4 is 11.8 Å². The molecule has 1 aromatic rings. The van der Waals surface area contributed by atoms with Crippen LogP contribution in [0, 0.1) is 0 Å². The van der Waals surface area contributed by atoms with E-state index >= 15 is 0 Å². The molecule has 1 heterocycles. The van der Waals surface area contributed by atoms with E-state index in [1.165, 1.54) is 0 Å². The number of hydrogen-bond acceptors (Lipinski definition) is 3. The number of benzene rings is 1. The van der Waals surface area contributed by atoms with Crippen LogP contribution in [0.2, 0.25) is 0 Å². The van der Waals surface area contributed by atoms with E-state index < -0.39 is 0 Å². The zero-order valence-corrected chi connectivity index (χ0v) is 13.4. The standard InChI is InChI=1S/C17H25N3O2/c1-14-12-18-9-11-20(14)17(22)8-10-19(15(2)21)13-16-6-4-3-5-7-16/h3-7,14,18H,8-13H2,1-2H3. The summed E-state index contributed by atoms with van der Waals surface area (Å²) in [6.07, 6.45) is 0.386. The summed E-state index contributed by atoms with van der Waals surface area (Å²) in [6, 6.07) is 10.1. The molecule has 1 aliphatic heterocycles. The number of nitrogens with zero attached hydrogens (tertiary/aromatic N) is 2. The monoisotopic (exact) mass is 303 g/mol. The van der Waals surface area contributed by atoms with Gasteiger partial charge in [0.15, 0.2) is 0 Å². The Morgan fingerprint density at radius 3 is 2.68 bits per heavy atom. The summed E-state index contributed by atoms with van der Waals surface area (Å²) >= 11 is 0. The maximum absolute atomic E-state index is 12.3. The van der Waals surface area contributed by atoms with E-state index in [1.807, 2.05) is 35.2 Å². The number of nitrogens with one attached hydrogen (secondary N) is 1. The summed E-state index contributed by atoms with van der Waals surface area (Å²) in [5.41, 5.74) is 1.08. The molecule has 0 spiro atoms. The van der Waals surface area contributed by atoms with Crippen LogP contribution in [0.1, 0.15) is 25.8 Å². The Balaban J connectivity index is 1.88. The molecule has 1 aromatic carbocycles. The summed E-state index contributed by atoms with van der Waals surface area (Å²) in [6.45, 7) is 7.07. The van der Waals surface area contributed by atoms with Crippen LogP contribution in [0.15, 0.2) is 30.3 Å². The Bertz CT molecular complexity index is 504. The lowest BCUT2D eigenvalue weighted by molar-refractivity contribution is -0.135. The molecule has 0 radical (unpaired) electrons. The molecule has 1 unspecified atom stereocenters. The van der Waals surface area contributed by atoms with Gasteiger partial charge in [0.2, 0.25) is 11.8 Å². The molecule has 1 N–H and O–H groups in total. The lowest BCUT2D eigenvalue weighted by Crippen LogP contribution is -2.52. The molecule has 0 aliphatic carbocycles. The average Bonchev–Trinajstić information content (AvgIpc) is 2.52. The molecule has 1 aliphatic rings. The fourth-order valence-electron chi connectivity index (χ4n) is 2.74. The molecule has 5 heteroatoms. The van der Waals surface area contributed by atoms with E-state index in [-0.39, 0.29) is 17.9 Å². The number of carbonyl (C=O) groups is 2. The highest BCUT2D eigenvalue weighted by molar-refractivity contribution is 5.78. The molecule has 120 valence electrons. The minimum atomic E-state index is 0.00464. The number of piperazine rings is 1. The summed E-state index contributed by atoms with van der Waals surface area (Å²) in [5.74, 6) is 0.137. The maximum Gasteiger partial charge on any atom is 0.224 e. The predicted molar refractivity (Wildman–Crippen MR) is 86.2 cm³/mol. The third-order valence-corrected chi connectivity index (χ3v) is 4.08. The maximum atomic E-state index is 12.3. The molecule has 1 saturated heterocycles. The van der Waals surface area contributed by atoms with Crippen LogP contribution >= 0.6 is 0 Å². The first-order valence-electron chi connectivity index (χ1n) is 7.87. The van der Waals surface area contributed by atoms with Gasteiger partial charge < -0.3 is 15.1 Å². The first-order valence-corrected chi connectivity index (χ1v) is 7.87. The molecule has 1 fully saturated rings. The Hall–Kier alpha value is -1.88. The van der Waals surface area contributed by atoms with Crippen molar-refractivity contribution in [2.45, 2.75) is 32.9 Å². The van der Waals surface area contributed by atoms with Gasteiger partial charge in [-0.05, 0) is 12.5 Å². The normalized spacial score (nSPS) is 18.1. The van der Waals surface area contributed by atoms with Crippen LogP contribution in [-0.2, 0) is 16.1 Å². The van der Waals surface area contributed by atoms with Crippen molar-refractivity contribution in [3.05, 3.63) is 35.9 Å². The minimum absolute atomic E-state index is 0.00464. The van der Waals surface area contributed by atoms with Gasteiger partial charge in [0.05, 0.1) is 0 Å². The van der Waals surface area contributed by atoms with Crippen LogP contribution in [0.4, 0.5) is 0 Å². The summed E-state index contributed by atoms with van der Waals surface area (Å²) in [5, 5.41) is 3.28. The van der Waals surface area contributed by atoms with E-state index in [9.17, 15) is 9.59 Å². The van der Waals surface area contributed by atoms with Crippen molar-refractivity contribution in [1.82, 2.24) is 15.1 Å². The zero-order valence-electron chi connectivity index (χ0n) is 13.4. The fourth-order valence-corrected chi connectivity index (χ4v) is 2.74. The van der Waals surface area contributed by atoms with Crippen molar-refractivity contribution in [3.8, 4) is 0 Å². The van der Waals surface area contributed by atoms with Gasteiger partial charge in [-0.1, -0.05) is 30.3 Å². The molecule has 0 bridgehead atoms. The summed E-state index contributed by atoms with van der Waals surface area (Å²) in [7, 11) is 0. The first kappa shape index (κ1) is 16.5. The number of amides is 2. The highest BCUT2D eigenvalue weighted by atomic mass is 16.2. The fraction of sp³-hybridized carbons (Fsp3) is 0.529. The Morgan fingerprint density at radius 1 is 1.32 bits per heavy atom. The first-order chi connectivity index (χ1) is 10.6. The summed E-state index contributed by atoms with van der Waals surface area (Å²) in [4.78, 5) is 27.8. The van der Waals surface area contributed by atoms with Gasteiger partial charge in [0.25, 0.3) is 0 Å². The third-order valence-electron chi connectivity index (χ3n) is 4.08. The topological polar surface area (TPSA) is 52.7 Å². The lowest BCUT2D eigenvalue weighted by atomic mass is 10.2. The molecule has 2 amide bonds. The molecule has 2 rings (SSSR count). The van der Waals surface area contributed by atoms with Gasteiger partial charge >= 0.3 is 0 Å². The molecular weight excluding hydrogens is 278 g/mol. The van der Waals surface area contributed by atoms with Gasteiger partial charge in [-0.25, -0.2) is 0 Å². The molecule has 0 aromatic heterocycles. The van der Waals surface area contributed by atoms with E-state index in [4.69, 9.17) is 0 Å². The third kappa shape index (κ3) is 4.56. The number of rotatable bonds is 5. The SMILES string of the molecule is CC(=O)N(CCC(=O)N1CCNCC1C)Cc1ccccc1. The number of hydrogen-bond donors (Lipinski definition) is 1. The van der Waals surface area contributed by atoms with E-state index in [2.05, 4.69) is 12.2 Å². The van der Waals surface area contributed by atoms with Gasteiger partial charge in [-0.2, -0.15) is 0 Å². The minimum Gasteiger partial charge on any atom is -0.338 e. The molecule has 5 nitrogen and oxygen atoms in total. The molecule has 0 saturated carbocycles. The number of carbonyl (C=O) groups excluding carboxylic acids is 2. The highest BCUT2D eigenvalue weighted by Crippen LogP contribution is 2.09. The smallest absolute Gasteiger partial charge is 0.224 e. The Morgan fingerprint density at radius 2 is 2.05 bits per heavy atom. The predicted octanol–water partition coefficient (Wildman–Crippen LogP) is 1.25. The highest BCUT2D eigenvalue weighted by Gasteiger charge is 2.23. The van der Waals surface area contributed by atoms with Crippen LogP contribution in [0.5, 0.6) is 0 Å². The largest absolute Gasteiger partial charge is 0.338 e. The zero-order chi connectivity index (χ0) is 15.9. The second-order valence-electron chi connectivity index (χ2n) is 5.82. The summed E-state index contributed by atoms with van der Waals surface area (Å²) < 4.78 is 0. The molecular formula is C17H25N3O2. The van der Waals surface area contributed by atoms with Crippen molar-refractivity contribution in [1.29, 1.82) is 0 Å². The van der Waals surface area contributed by atoms with Crippen LogP contribution in [-0.4, -0.2) is 53.8 Å². The van der Waals surface area contributed by atoms with Gasteiger partial charge in [0, 0.05) is 52.1 Å². The Kier molecular flexibility index (Phi) is 5.95. The lowest BCUT2D eigenvalue weighted by Gasteiger charge is -2.34. The van der Waals surface area contributed by atoms with E-state index in [0.717, 1.165) is 25.2 Å². The second-order valence-corrected chi connectivity index (χ2v) is 5.82. The van der Waals surface area contributed by atoms with Gasteiger partial charge in [-0.3, -0.25) is 9.59 Å². The molecule has 22 heavy (non-hydrogen) atoms. The van der Waals surface area contributed by atoms with Crippen LogP contribution in [0.3, 0.4) is 0 Å². The van der Waals surface area contributed by atoms with Crippen LogP contribution < -0.4 is 5.32 Å². The van der Waals surface area contributed by atoms with Crippen molar-refractivity contribution in [2.75, 3.05) is 26.2 Å². The van der Waals surface area contributed by atoms with E-state index in [1.54, 1.807) is 11.8 Å². The quantitative estimate of drug-likeness (QED) is 0.890. The second kappa shape index (κ2) is 7.94. The van der Waals surface area contributed by atoms with E-state index in [0.29, 0.717) is 19.5 Å². The average molecular weight is 303 g/mol. The molecule has 1 atom stereocenters. The van der Waals surface area contributed by atoms with Crippen molar-refractivity contribution in [3.63, 3.8) is 0 Å². The van der Waals surface area contributed by atoms with Gasteiger partial charge in [0.1, 0.15) is 0 Å². The van der Waals surface area contributed by atoms with Crippen molar-refractivity contribution < 1.29 is 9.59 Å². The van der Waals surface area contributed by atoms with Crippen molar-refractivity contribution in [2.24, 2.45) is 0 Å². The van der Waals surface area contributed by atoms with Crippen LogP contribution in [0.25, 0.3) is 0 Å². The van der Waals surface area contributed by atoms with Gasteiger partial charge in [-0.15, -0.1) is 0 Å². The Labute approximate surface area is 132 Å².